The third-order valence-electron chi connectivity index (χ3n) is 26.3. The van der Waals surface area contributed by atoms with Gasteiger partial charge < -0.3 is 83.1 Å². The van der Waals surface area contributed by atoms with Gasteiger partial charge in [-0.3, -0.25) is 61.8 Å². The average Bonchev–Trinajstić information content (AvgIpc) is 1.64. The van der Waals surface area contributed by atoms with Crippen LogP contribution in [0.15, 0.2) is 120 Å². The molecule has 3 unspecified atom stereocenters. The maximum Gasteiger partial charge on any atom is 0.298 e. The van der Waals surface area contributed by atoms with Crippen LogP contribution >= 0.6 is 69.6 Å². The van der Waals surface area contributed by atoms with Crippen molar-refractivity contribution in [3.8, 4) is 91.6 Å². The number of fused-ring (bicyclic) bond motifs is 3. The summed E-state index contributed by atoms with van der Waals surface area (Å²) >= 11 is 40.6. The largest absolute Gasteiger partial charge is 0.495 e. The van der Waals surface area contributed by atoms with Crippen molar-refractivity contribution in [2.75, 3.05) is 178 Å². The highest BCUT2D eigenvalue weighted by atomic mass is 35.5. The van der Waals surface area contributed by atoms with Gasteiger partial charge in [-0.2, -0.15) is 15.0 Å². The number of pyridine rings is 3. The molecule has 9 aromatic rings. The molecule has 0 aliphatic carbocycles. The number of hydrogen-bond acceptors (Lipinski definition) is 30. The number of benzene rings is 3. The predicted octanol–water partition coefficient (Wildman–Crippen LogP) is 11.9. The molecule has 15 rings (SSSR count). The molecule has 6 saturated heterocycles. The molecular weight excluding hydrogens is 1970 g/mol. The van der Waals surface area contributed by atoms with Gasteiger partial charge in [0.1, 0.15) is 51.4 Å². The van der Waals surface area contributed by atoms with Crippen molar-refractivity contribution < 1.29 is 71.4 Å². The Morgan fingerprint density at radius 2 is 0.727 bits per heavy atom. The molecule has 9 atom stereocenters. The number of ketones is 3. The summed E-state index contributed by atoms with van der Waals surface area (Å²) in [6, 6.07) is 8.56. The van der Waals surface area contributed by atoms with Crippen LogP contribution in [-0.4, -0.2) is 307 Å². The van der Waals surface area contributed by atoms with Crippen molar-refractivity contribution in [2.45, 2.75) is 108 Å². The molecule has 6 aliphatic heterocycles. The van der Waals surface area contributed by atoms with Crippen LogP contribution in [0.2, 0.25) is 30.1 Å². The second-order valence-electron chi connectivity index (χ2n) is 35.2. The smallest absolute Gasteiger partial charge is 0.298 e. The molecule has 42 heteroatoms. The summed E-state index contributed by atoms with van der Waals surface area (Å²) in [7, 11) is 14.8. The summed E-state index contributed by atoms with van der Waals surface area (Å²) in [5, 5.41) is 12.5. The lowest BCUT2D eigenvalue weighted by Crippen LogP contribution is -2.54. The second-order valence-corrected chi connectivity index (χ2v) is 37.4. The topological polar surface area (TPSA) is 384 Å². The number of aryl methyl sites for hydroxylation is 3. The molecule has 3 aromatic carbocycles. The zero-order valence-corrected chi connectivity index (χ0v) is 85.9. The zero-order valence-electron chi connectivity index (χ0n) is 81.3. The molecular formula is C101H114Cl6N18O18. The zero-order chi connectivity index (χ0) is 103. The number of nitrogens with zero attached hydrogens (tertiary/aromatic N) is 15. The van der Waals surface area contributed by atoms with E-state index in [1.165, 1.54) is 67.0 Å². The minimum absolute atomic E-state index is 0.0470. The van der Waals surface area contributed by atoms with Crippen LogP contribution in [0, 0.1) is 41.4 Å². The van der Waals surface area contributed by atoms with Crippen LogP contribution in [0.25, 0.3) is 66.5 Å². The number of aromatic nitrogens is 9. The quantitative estimate of drug-likeness (QED) is 0.0249. The summed E-state index contributed by atoms with van der Waals surface area (Å²) in [6.45, 7) is 26.2. The number of amides is 3. The lowest BCUT2D eigenvalue weighted by atomic mass is 9.97. The fraction of sp³-hybridized carbons (Fsp3) is 0.436. The lowest BCUT2D eigenvalue weighted by molar-refractivity contribution is -0.131. The first-order valence-corrected chi connectivity index (χ1v) is 48.5. The highest BCUT2D eigenvalue weighted by Gasteiger charge is 2.38. The number of rotatable bonds is 34. The predicted molar refractivity (Wildman–Crippen MR) is 552 cm³/mol. The van der Waals surface area contributed by atoms with Crippen molar-refractivity contribution in [2.24, 2.45) is 17.8 Å². The molecule has 3 N–H and O–H groups in total. The Hall–Kier alpha value is -12.3. The number of nitrogens with one attached hydrogen (secondary N) is 3. The van der Waals surface area contributed by atoms with E-state index in [0.717, 1.165) is 6.54 Å². The first-order chi connectivity index (χ1) is 68.8. The molecule has 12 heterocycles. The Kier molecular flexibility index (Phi) is 37.3. The summed E-state index contributed by atoms with van der Waals surface area (Å²) < 4.78 is 54.5. The third kappa shape index (κ3) is 24.7. The summed E-state index contributed by atoms with van der Waals surface area (Å²) in [5.41, 5.74) is 1.37. The van der Waals surface area contributed by atoms with E-state index < -0.39 is 11.1 Å². The number of methoxy groups -OCH3 is 6. The van der Waals surface area contributed by atoms with Gasteiger partial charge in [0, 0.05) is 203 Å². The Morgan fingerprint density at radius 1 is 0.413 bits per heavy atom. The van der Waals surface area contributed by atoms with E-state index in [4.69, 9.17) is 127 Å². The summed E-state index contributed by atoms with van der Waals surface area (Å²) in [6.07, 6.45) is 12.4. The molecule has 143 heavy (non-hydrogen) atoms. The van der Waals surface area contributed by atoms with Crippen LogP contribution in [0.3, 0.4) is 0 Å². The second kappa shape index (κ2) is 49.3. The molecule has 0 bridgehead atoms. The van der Waals surface area contributed by atoms with E-state index in [1.54, 1.807) is 97.2 Å². The van der Waals surface area contributed by atoms with Crippen molar-refractivity contribution in [3.05, 3.63) is 167 Å². The number of hydrogen-bond donors (Lipinski definition) is 3. The van der Waals surface area contributed by atoms with E-state index in [9.17, 15) is 43.2 Å². The standard InChI is InChI=1S/2C34H38Cl2N6O6.C33H38Cl2N6O6/c1-6-8-28(44)41-12-11-40(3)22(17-41)9-10-42-32-20(16-37-34(39-32)38-25-19-48-18-21(25)13-23(43)7-2)14-24(33(42)45)29-30(35)26(46-4)15-27(47-5)31(29)36;1-6-8-28(44)41-12-11-40(3)17-22(41)9-10-42-32-20(16-37-34(39-32)38-25-19-48-18-21(25)13-23(43)7-2)14-24(33(42)45)29-30(35)26(46-4)15-27(47-5)31(29)36;1-6-22(42)12-20-17-47-18-24(20)37-33-36-15-19-13-23(28-29(34)25(45-4)14-26(46-5)30(28)35)32(44)41(31(19)38-33)9-8-21-16-39(3)10-11-40(21)27(43)7-2/h2*7,14-16,21-22,25H,2,9-13,17-19H2,1,3-5H3,(H,37,38,39);6-7,13-15,20-21,24H,1-2,8-12,16-18H2,3-5H3,(H,36,37,38)/t2*21-,22?,25+;20-,21?,24+/m000/s1. The van der Waals surface area contributed by atoms with E-state index in [-0.39, 0.29) is 232 Å². The number of likely N-dealkylation sites (N-methyl/N-ethyl adjacent to an activating group) is 3. The van der Waals surface area contributed by atoms with Crippen molar-refractivity contribution >= 4 is 156 Å². The number of ether oxygens (including phenoxy) is 9. The van der Waals surface area contributed by atoms with Gasteiger partial charge in [-0.05, 0) is 109 Å². The monoisotopic (exact) mass is 2080 g/mol. The highest BCUT2D eigenvalue weighted by Crippen LogP contribution is 2.49. The normalized spacial score (nSPS) is 19.6. The molecule has 3 amide bonds. The molecule has 0 radical (unpaired) electrons. The Balaban J connectivity index is 0.000000180. The highest BCUT2D eigenvalue weighted by molar-refractivity contribution is 6.43. The molecule has 6 fully saturated rings. The SMILES string of the molecule is C=CC(=O)C[C@H]1COC[C@H]1Nc1ncc2cc(-c3c(Cl)c(OC)cc(OC)c3Cl)c(=O)n(CCC3CN(C(=O)C#CC)CCN3C)c2n1.C=CC(=O)C[C@H]1COC[C@H]1Nc1ncc2cc(-c3c(Cl)c(OC)cc(OC)c3Cl)c(=O)n(CCC3CN(C)CCN3C(=O)C#CC)c2n1.C=CC(=O)C[C@H]1COC[C@H]1Nc1ncc2cc(-c3c(Cl)c(OC)cc(OC)c3Cl)c(=O)n(CCC3CN(C)CCN3C(=O)C=C)c2n1. The van der Waals surface area contributed by atoms with Crippen molar-refractivity contribution in [1.82, 2.24) is 73.0 Å². The molecule has 6 aliphatic rings. The van der Waals surface area contributed by atoms with Gasteiger partial charge in [0.2, 0.25) is 23.8 Å². The van der Waals surface area contributed by atoms with Crippen molar-refractivity contribution in [3.63, 3.8) is 0 Å². The van der Waals surface area contributed by atoms with Crippen LogP contribution in [0.1, 0.15) is 52.4 Å². The Bertz CT molecular complexity index is 6640. The van der Waals surface area contributed by atoms with Crippen LogP contribution in [0.5, 0.6) is 34.5 Å². The van der Waals surface area contributed by atoms with Crippen LogP contribution in [0.4, 0.5) is 17.8 Å². The molecule has 6 aromatic heterocycles. The van der Waals surface area contributed by atoms with Gasteiger partial charge in [-0.15, -0.1) is 0 Å². The number of allylic oxidation sites excluding steroid dienone is 3. The molecule has 36 nitrogen and oxygen atoms in total. The fourth-order valence-electron chi connectivity index (χ4n) is 18.4. The van der Waals surface area contributed by atoms with Crippen LogP contribution in [-0.2, 0) is 62.6 Å². The number of carbonyl (C=O) groups excluding carboxylic acids is 6. The maximum atomic E-state index is 14.5. The number of piperazine rings is 3. The number of halogens is 6. The van der Waals surface area contributed by atoms with Gasteiger partial charge in [0.25, 0.3) is 28.5 Å². The van der Waals surface area contributed by atoms with Gasteiger partial charge in [-0.1, -0.05) is 108 Å². The minimum atomic E-state index is -0.402. The van der Waals surface area contributed by atoms with E-state index >= 15 is 0 Å². The Labute approximate surface area is 857 Å². The van der Waals surface area contributed by atoms with Crippen LogP contribution < -0.4 is 61.0 Å². The summed E-state index contributed by atoms with van der Waals surface area (Å²) in [4.78, 5) is 158. The van der Waals surface area contributed by atoms with E-state index in [1.807, 2.05) is 21.1 Å². The molecule has 0 saturated carbocycles. The first-order valence-electron chi connectivity index (χ1n) is 46.3. The van der Waals surface area contributed by atoms with Gasteiger partial charge in [0.15, 0.2) is 17.3 Å². The van der Waals surface area contributed by atoms with Gasteiger partial charge in [-0.25, -0.2) is 15.0 Å². The average molecular weight is 2080 g/mol. The summed E-state index contributed by atoms with van der Waals surface area (Å²) in [5.74, 6) is 12.1. The molecule has 0 spiro atoms. The number of anilines is 3. The fourth-order valence-corrected chi connectivity index (χ4v) is 20.6. The van der Waals surface area contributed by atoms with Gasteiger partial charge in [0.05, 0.1) is 147 Å². The number of carbonyl (C=O) groups is 6. The first kappa shape index (κ1) is 108. The van der Waals surface area contributed by atoms with Crippen molar-refractivity contribution in [1.29, 1.82) is 0 Å². The van der Waals surface area contributed by atoms with E-state index in [0.29, 0.717) is 162 Å². The Morgan fingerprint density at radius 3 is 1.04 bits per heavy atom. The third-order valence-corrected chi connectivity index (χ3v) is 28.5. The lowest BCUT2D eigenvalue weighted by Gasteiger charge is -2.39. The van der Waals surface area contributed by atoms with Gasteiger partial charge >= 0.3 is 0 Å². The minimum Gasteiger partial charge on any atom is -0.495 e. The maximum absolute atomic E-state index is 14.5. The van der Waals surface area contributed by atoms with E-state index in [2.05, 4.69) is 95.6 Å². The molecule has 758 valence electrons.